The van der Waals surface area contributed by atoms with Crippen molar-refractivity contribution in [1.29, 1.82) is 0 Å². The monoisotopic (exact) mass is 237 g/mol. The molecule has 0 bridgehead atoms. The summed E-state index contributed by atoms with van der Waals surface area (Å²) in [6.07, 6.45) is 3.62. The molecule has 1 nitrogen and oxygen atoms in total. The van der Waals surface area contributed by atoms with Crippen molar-refractivity contribution in [3.05, 3.63) is 12.2 Å². The molecule has 0 amide bonds. The molecule has 1 fully saturated rings. The molecule has 1 aliphatic carbocycles. The summed E-state index contributed by atoms with van der Waals surface area (Å²) in [6, 6.07) is 0.664. The van der Waals surface area contributed by atoms with E-state index in [0.29, 0.717) is 16.9 Å². The standard InChI is InChI=1S/C16H31N/c1-8-11-17-13(10-9-12(2)3)14-15(4,5)16(14,6)7/h13-14,17H,2,8-11H2,1,3-7H3. The van der Waals surface area contributed by atoms with Crippen LogP contribution in [0.5, 0.6) is 0 Å². The molecule has 0 heterocycles. The fourth-order valence-corrected chi connectivity index (χ4v) is 3.37. The van der Waals surface area contributed by atoms with Crippen LogP contribution in [0.25, 0.3) is 0 Å². The van der Waals surface area contributed by atoms with Gasteiger partial charge in [-0.25, -0.2) is 0 Å². The molecule has 1 N–H and O–H groups in total. The van der Waals surface area contributed by atoms with E-state index >= 15 is 0 Å². The van der Waals surface area contributed by atoms with E-state index in [9.17, 15) is 0 Å². The molecular formula is C16H31N. The second kappa shape index (κ2) is 5.14. The highest BCUT2D eigenvalue weighted by Gasteiger charge is 2.66. The summed E-state index contributed by atoms with van der Waals surface area (Å²) < 4.78 is 0. The van der Waals surface area contributed by atoms with Crippen LogP contribution >= 0.6 is 0 Å². The zero-order valence-corrected chi connectivity index (χ0v) is 12.7. The van der Waals surface area contributed by atoms with E-state index < -0.39 is 0 Å². The third kappa shape index (κ3) is 2.93. The second-order valence-corrected chi connectivity index (χ2v) is 6.98. The summed E-state index contributed by atoms with van der Waals surface area (Å²) in [5.41, 5.74) is 2.27. The highest BCUT2D eigenvalue weighted by Crippen LogP contribution is 2.70. The lowest BCUT2D eigenvalue weighted by Crippen LogP contribution is -2.34. The molecule has 1 heteroatoms. The molecule has 0 aromatic rings. The lowest BCUT2D eigenvalue weighted by Gasteiger charge is -2.21. The molecule has 0 saturated heterocycles. The maximum absolute atomic E-state index is 4.03. The van der Waals surface area contributed by atoms with Crippen molar-refractivity contribution in [2.24, 2.45) is 16.7 Å². The molecule has 1 aliphatic rings. The van der Waals surface area contributed by atoms with E-state index in [4.69, 9.17) is 0 Å². The lowest BCUT2D eigenvalue weighted by atomic mass is 9.97. The van der Waals surface area contributed by atoms with Gasteiger partial charge in [0.2, 0.25) is 0 Å². The van der Waals surface area contributed by atoms with Crippen molar-refractivity contribution < 1.29 is 0 Å². The molecule has 0 aromatic heterocycles. The van der Waals surface area contributed by atoms with Crippen LogP contribution in [0, 0.1) is 16.7 Å². The van der Waals surface area contributed by atoms with Gasteiger partial charge in [0, 0.05) is 6.04 Å². The number of nitrogens with one attached hydrogen (secondary N) is 1. The Labute approximate surface area is 108 Å². The Kier molecular flexibility index (Phi) is 4.46. The van der Waals surface area contributed by atoms with Crippen LogP contribution in [-0.4, -0.2) is 12.6 Å². The van der Waals surface area contributed by atoms with Crippen LogP contribution in [0.15, 0.2) is 12.2 Å². The quantitative estimate of drug-likeness (QED) is 0.647. The summed E-state index contributed by atoms with van der Waals surface area (Å²) in [5.74, 6) is 0.806. The van der Waals surface area contributed by atoms with Crippen LogP contribution in [-0.2, 0) is 0 Å². The van der Waals surface area contributed by atoms with Crippen molar-refractivity contribution >= 4 is 0 Å². The Morgan fingerprint density at radius 2 is 1.76 bits per heavy atom. The maximum Gasteiger partial charge on any atom is 0.0109 e. The molecule has 100 valence electrons. The fraction of sp³-hybridized carbons (Fsp3) is 0.875. The topological polar surface area (TPSA) is 12.0 Å². The van der Waals surface area contributed by atoms with E-state index in [1.807, 2.05) is 0 Å². The molecule has 1 rings (SSSR count). The molecular weight excluding hydrogens is 206 g/mol. The van der Waals surface area contributed by atoms with Crippen molar-refractivity contribution in [3.8, 4) is 0 Å². The van der Waals surface area contributed by atoms with Gasteiger partial charge in [0.15, 0.2) is 0 Å². The van der Waals surface area contributed by atoms with E-state index in [1.54, 1.807) is 0 Å². The maximum atomic E-state index is 4.03. The van der Waals surface area contributed by atoms with Crippen LogP contribution in [0.3, 0.4) is 0 Å². The summed E-state index contributed by atoms with van der Waals surface area (Å²) in [7, 11) is 0. The predicted octanol–water partition coefficient (Wildman–Crippen LogP) is 4.39. The first-order valence-electron chi connectivity index (χ1n) is 7.13. The molecule has 0 aromatic carbocycles. The van der Waals surface area contributed by atoms with E-state index in [2.05, 4.69) is 53.4 Å². The number of hydrogen-bond acceptors (Lipinski definition) is 1. The van der Waals surface area contributed by atoms with Gasteiger partial charge in [-0.15, -0.1) is 6.58 Å². The van der Waals surface area contributed by atoms with Gasteiger partial charge in [-0.3, -0.25) is 0 Å². The van der Waals surface area contributed by atoms with Crippen LogP contribution in [0.4, 0.5) is 0 Å². The van der Waals surface area contributed by atoms with Gasteiger partial charge < -0.3 is 5.32 Å². The van der Waals surface area contributed by atoms with Crippen molar-refractivity contribution in [2.45, 2.75) is 66.8 Å². The average molecular weight is 237 g/mol. The number of hydrogen-bond donors (Lipinski definition) is 1. The van der Waals surface area contributed by atoms with E-state index in [1.165, 1.54) is 18.4 Å². The van der Waals surface area contributed by atoms with Gasteiger partial charge >= 0.3 is 0 Å². The third-order valence-electron chi connectivity index (χ3n) is 5.07. The van der Waals surface area contributed by atoms with Crippen LogP contribution in [0.1, 0.15) is 60.8 Å². The molecule has 1 saturated carbocycles. The Morgan fingerprint density at radius 3 is 2.12 bits per heavy atom. The zero-order valence-electron chi connectivity index (χ0n) is 12.7. The predicted molar refractivity (Wildman–Crippen MR) is 77.2 cm³/mol. The molecule has 0 spiro atoms. The molecule has 1 atom stereocenters. The largest absolute Gasteiger partial charge is 0.314 e. The summed E-state index contributed by atoms with van der Waals surface area (Å²) in [4.78, 5) is 0. The van der Waals surface area contributed by atoms with Crippen molar-refractivity contribution in [1.82, 2.24) is 5.32 Å². The minimum absolute atomic E-state index is 0.480. The molecule has 1 unspecified atom stereocenters. The molecule has 17 heavy (non-hydrogen) atoms. The summed E-state index contributed by atoms with van der Waals surface area (Å²) >= 11 is 0. The van der Waals surface area contributed by atoms with Gasteiger partial charge in [0.1, 0.15) is 0 Å². The first-order valence-corrected chi connectivity index (χ1v) is 7.13. The van der Waals surface area contributed by atoms with Gasteiger partial charge in [-0.2, -0.15) is 0 Å². The highest BCUT2D eigenvalue weighted by atomic mass is 15.0. The summed E-state index contributed by atoms with van der Waals surface area (Å²) in [5, 5.41) is 3.76. The minimum atomic E-state index is 0.480. The van der Waals surface area contributed by atoms with Gasteiger partial charge in [-0.1, -0.05) is 40.2 Å². The summed E-state index contributed by atoms with van der Waals surface area (Å²) in [6.45, 7) is 19.2. The Morgan fingerprint density at radius 1 is 1.24 bits per heavy atom. The van der Waals surface area contributed by atoms with Gasteiger partial charge in [0.05, 0.1) is 0 Å². The van der Waals surface area contributed by atoms with E-state index in [-0.39, 0.29) is 0 Å². The average Bonchev–Trinajstić information content (AvgIpc) is 2.59. The number of allylic oxidation sites excluding steroid dienone is 1. The number of rotatable bonds is 7. The first kappa shape index (κ1) is 14.8. The lowest BCUT2D eigenvalue weighted by molar-refractivity contribution is 0.377. The van der Waals surface area contributed by atoms with Crippen molar-refractivity contribution in [3.63, 3.8) is 0 Å². The van der Waals surface area contributed by atoms with Gasteiger partial charge in [0.25, 0.3) is 0 Å². The van der Waals surface area contributed by atoms with Crippen LogP contribution in [0.2, 0.25) is 0 Å². The highest BCUT2D eigenvalue weighted by molar-refractivity contribution is 5.16. The SMILES string of the molecule is C=C(C)CCC(NCCC)C1C(C)(C)C1(C)C. The Hall–Kier alpha value is -0.300. The Bertz CT molecular complexity index is 261. The van der Waals surface area contributed by atoms with E-state index in [0.717, 1.165) is 18.9 Å². The Balaban J connectivity index is 2.61. The minimum Gasteiger partial charge on any atom is -0.314 e. The molecule has 0 aliphatic heterocycles. The van der Waals surface area contributed by atoms with Crippen LogP contribution < -0.4 is 5.32 Å². The second-order valence-electron chi connectivity index (χ2n) is 6.98. The normalized spacial score (nSPS) is 23.4. The first-order chi connectivity index (χ1) is 7.75. The van der Waals surface area contributed by atoms with Crippen molar-refractivity contribution in [2.75, 3.05) is 6.54 Å². The third-order valence-corrected chi connectivity index (χ3v) is 5.07. The van der Waals surface area contributed by atoms with Gasteiger partial charge in [-0.05, 0) is 49.5 Å². The molecule has 0 radical (unpaired) electrons. The smallest absolute Gasteiger partial charge is 0.0109 e. The fourth-order valence-electron chi connectivity index (χ4n) is 3.37. The zero-order chi connectivity index (χ0) is 13.3.